The van der Waals surface area contributed by atoms with Gasteiger partial charge in [-0.05, 0) is 65.9 Å². The summed E-state index contributed by atoms with van der Waals surface area (Å²) >= 11 is 2.26. The molecule has 2 aromatic carbocycles. The summed E-state index contributed by atoms with van der Waals surface area (Å²) in [6.07, 6.45) is 1.65. The molecule has 0 saturated carbocycles. The normalized spacial score (nSPS) is 11.1. The molecule has 4 rings (SSSR count). The van der Waals surface area contributed by atoms with Gasteiger partial charge >= 0.3 is 5.97 Å². The van der Waals surface area contributed by atoms with Gasteiger partial charge in [0.05, 0.1) is 35.8 Å². The summed E-state index contributed by atoms with van der Waals surface area (Å²) in [5, 5.41) is 1.72. The first-order valence-electron chi connectivity index (χ1n) is 9.14. The van der Waals surface area contributed by atoms with Crippen LogP contribution in [0.2, 0.25) is 0 Å². The number of ether oxygens (including phenoxy) is 3. The number of hydrogen-bond donors (Lipinski definition) is 1. The monoisotopic (exact) mass is 502 g/mol. The first-order valence-corrected chi connectivity index (χ1v) is 10.2. The van der Waals surface area contributed by atoms with Crippen LogP contribution in [0.5, 0.6) is 11.5 Å². The molecule has 148 valence electrons. The van der Waals surface area contributed by atoms with Gasteiger partial charge in [0.25, 0.3) is 0 Å². The molecule has 4 aromatic rings. The van der Waals surface area contributed by atoms with E-state index in [4.69, 9.17) is 14.2 Å². The third kappa shape index (κ3) is 3.79. The fourth-order valence-corrected chi connectivity index (χ4v) is 3.71. The molecule has 0 fully saturated rings. The Morgan fingerprint density at radius 3 is 2.62 bits per heavy atom. The van der Waals surface area contributed by atoms with Crippen molar-refractivity contribution in [2.24, 2.45) is 0 Å². The number of fused-ring (bicyclic) bond motifs is 3. The molecule has 29 heavy (non-hydrogen) atoms. The second-order valence-electron chi connectivity index (χ2n) is 6.39. The van der Waals surface area contributed by atoms with Crippen LogP contribution in [0.3, 0.4) is 0 Å². The molecule has 0 aliphatic heterocycles. The summed E-state index contributed by atoms with van der Waals surface area (Å²) < 4.78 is 17.9. The van der Waals surface area contributed by atoms with Crippen molar-refractivity contribution >= 4 is 50.4 Å². The van der Waals surface area contributed by atoms with Gasteiger partial charge in [-0.3, -0.25) is 0 Å². The maximum Gasteiger partial charge on any atom is 0.357 e. The van der Waals surface area contributed by atoms with Crippen LogP contribution in [0, 0.1) is 3.57 Å². The molecule has 2 aromatic heterocycles. The molecular formula is C22H19IN2O4. The summed E-state index contributed by atoms with van der Waals surface area (Å²) in [5.74, 6) is 0.959. The number of nitrogens with one attached hydrogen (secondary N) is 1. The van der Waals surface area contributed by atoms with Crippen molar-refractivity contribution in [3.05, 3.63) is 63.5 Å². The third-order valence-electron chi connectivity index (χ3n) is 4.52. The van der Waals surface area contributed by atoms with E-state index in [0.29, 0.717) is 11.3 Å². The Morgan fingerprint density at radius 1 is 1.10 bits per heavy atom. The second kappa shape index (κ2) is 8.38. The summed E-state index contributed by atoms with van der Waals surface area (Å²) in [7, 11) is 1.59. The average molecular weight is 502 g/mol. The highest BCUT2D eigenvalue weighted by Gasteiger charge is 2.22. The molecule has 1 N–H and O–H groups in total. The van der Waals surface area contributed by atoms with Crippen LogP contribution in [-0.2, 0) is 16.1 Å². The third-order valence-corrected chi connectivity index (χ3v) is 5.24. The van der Waals surface area contributed by atoms with Gasteiger partial charge in [0.1, 0.15) is 11.5 Å². The number of hydrogen-bond acceptors (Lipinski definition) is 5. The number of halogens is 1. The van der Waals surface area contributed by atoms with Crippen molar-refractivity contribution in [2.45, 2.75) is 13.5 Å². The Labute approximate surface area is 181 Å². The zero-order chi connectivity index (χ0) is 20.4. The fourth-order valence-electron chi connectivity index (χ4n) is 3.35. The predicted molar refractivity (Wildman–Crippen MR) is 120 cm³/mol. The van der Waals surface area contributed by atoms with E-state index in [2.05, 4.69) is 32.6 Å². The van der Waals surface area contributed by atoms with Crippen molar-refractivity contribution in [3.63, 3.8) is 0 Å². The lowest BCUT2D eigenvalue weighted by Gasteiger charge is -2.11. The van der Waals surface area contributed by atoms with Crippen molar-refractivity contribution in [2.75, 3.05) is 13.7 Å². The number of rotatable bonds is 6. The van der Waals surface area contributed by atoms with E-state index in [1.54, 1.807) is 20.2 Å². The molecular weight excluding hydrogens is 483 g/mol. The zero-order valence-corrected chi connectivity index (χ0v) is 18.1. The molecule has 0 radical (unpaired) electrons. The van der Waals surface area contributed by atoms with Crippen molar-refractivity contribution < 1.29 is 19.0 Å². The lowest BCUT2D eigenvalue weighted by Crippen LogP contribution is -2.11. The summed E-state index contributed by atoms with van der Waals surface area (Å²) in [6, 6.07) is 13.6. The minimum atomic E-state index is -0.466. The number of pyridine rings is 1. The van der Waals surface area contributed by atoms with E-state index in [0.717, 1.165) is 31.1 Å². The van der Waals surface area contributed by atoms with Gasteiger partial charge in [0.2, 0.25) is 0 Å². The molecule has 6 nitrogen and oxygen atoms in total. The SMILES string of the molecule is CCOC(=O)c1ncc2[nH]c3cccc(Oc4ccc(I)cc4)c3c2c1COC. The number of carbonyl (C=O) groups is 1. The van der Waals surface area contributed by atoms with Crippen LogP contribution < -0.4 is 4.74 Å². The number of methoxy groups -OCH3 is 1. The van der Waals surface area contributed by atoms with Crippen LogP contribution in [0.4, 0.5) is 0 Å². The van der Waals surface area contributed by atoms with Crippen LogP contribution in [0.25, 0.3) is 21.8 Å². The molecule has 0 bridgehead atoms. The van der Waals surface area contributed by atoms with Crippen molar-refractivity contribution in [1.82, 2.24) is 9.97 Å². The molecule has 0 amide bonds. The van der Waals surface area contributed by atoms with Crippen molar-refractivity contribution in [3.8, 4) is 11.5 Å². The molecule has 0 aliphatic carbocycles. The minimum absolute atomic E-state index is 0.226. The fraction of sp³-hybridized carbons (Fsp3) is 0.182. The van der Waals surface area contributed by atoms with Gasteiger partial charge in [-0.25, -0.2) is 9.78 Å². The number of carbonyl (C=O) groups excluding carboxylic acids is 1. The van der Waals surface area contributed by atoms with Crippen LogP contribution >= 0.6 is 22.6 Å². The predicted octanol–water partition coefficient (Wildman–Crippen LogP) is 5.44. The van der Waals surface area contributed by atoms with E-state index < -0.39 is 5.97 Å². The van der Waals surface area contributed by atoms with Crippen LogP contribution in [0.15, 0.2) is 48.7 Å². The molecule has 2 heterocycles. The Kier molecular flexibility index (Phi) is 5.68. The quantitative estimate of drug-likeness (QED) is 0.281. The minimum Gasteiger partial charge on any atom is -0.461 e. The number of aromatic nitrogens is 2. The summed E-state index contributed by atoms with van der Waals surface area (Å²) in [6.45, 7) is 2.27. The Bertz CT molecular complexity index is 1190. The maximum absolute atomic E-state index is 12.5. The van der Waals surface area contributed by atoms with Gasteiger partial charge in [0, 0.05) is 21.6 Å². The van der Waals surface area contributed by atoms with E-state index in [9.17, 15) is 4.79 Å². The standard InChI is InChI=1S/C22H19IN2O4/c1-3-28-22(26)21-15(12-27-2)19-17(11-24-21)25-16-5-4-6-18(20(16)19)29-14-9-7-13(23)8-10-14/h4-11,25H,3,12H2,1-2H3. The Morgan fingerprint density at radius 2 is 1.90 bits per heavy atom. The maximum atomic E-state index is 12.5. The lowest BCUT2D eigenvalue weighted by molar-refractivity contribution is 0.0514. The highest BCUT2D eigenvalue weighted by molar-refractivity contribution is 14.1. The first kappa shape index (κ1) is 19.7. The Hall–Kier alpha value is -2.65. The average Bonchev–Trinajstić information content (AvgIpc) is 3.10. The number of nitrogens with zero attached hydrogens (tertiary/aromatic N) is 1. The second-order valence-corrected chi connectivity index (χ2v) is 7.63. The van der Waals surface area contributed by atoms with E-state index >= 15 is 0 Å². The summed E-state index contributed by atoms with van der Waals surface area (Å²) in [5.41, 5.74) is 2.63. The summed E-state index contributed by atoms with van der Waals surface area (Å²) in [4.78, 5) is 20.2. The largest absolute Gasteiger partial charge is 0.461 e. The number of H-pyrrole nitrogens is 1. The first-order chi connectivity index (χ1) is 14.1. The smallest absolute Gasteiger partial charge is 0.357 e. The van der Waals surface area contributed by atoms with E-state index in [1.807, 2.05) is 42.5 Å². The Balaban J connectivity index is 1.94. The van der Waals surface area contributed by atoms with Crippen molar-refractivity contribution in [1.29, 1.82) is 0 Å². The van der Waals surface area contributed by atoms with E-state index in [1.165, 1.54) is 0 Å². The van der Waals surface area contributed by atoms with Gasteiger partial charge in [-0.15, -0.1) is 0 Å². The lowest BCUT2D eigenvalue weighted by atomic mass is 10.0. The molecule has 0 unspecified atom stereocenters. The van der Waals surface area contributed by atoms with Crippen LogP contribution in [-0.4, -0.2) is 29.7 Å². The number of benzene rings is 2. The van der Waals surface area contributed by atoms with Gasteiger partial charge < -0.3 is 19.2 Å². The highest BCUT2D eigenvalue weighted by atomic mass is 127. The van der Waals surface area contributed by atoms with Crippen LogP contribution in [0.1, 0.15) is 23.0 Å². The van der Waals surface area contributed by atoms with Gasteiger partial charge in [-0.2, -0.15) is 0 Å². The highest BCUT2D eigenvalue weighted by Crippen LogP contribution is 2.38. The molecule has 0 aliphatic rings. The molecule has 7 heteroatoms. The molecule has 0 atom stereocenters. The number of esters is 1. The van der Waals surface area contributed by atoms with Gasteiger partial charge in [-0.1, -0.05) is 6.07 Å². The number of aromatic amines is 1. The molecule has 0 spiro atoms. The molecule has 0 saturated heterocycles. The van der Waals surface area contributed by atoms with E-state index in [-0.39, 0.29) is 18.9 Å². The zero-order valence-electron chi connectivity index (χ0n) is 16.0. The topological polar surface area (TPSA) is 73.4 Å². The van der Waals surface area contributed by atoms with Gasteiger partial charge in [0.15, 0.2) is 5.69 Å².